The SMILES string of the molecule is CCCCNc1cc(Cc2ccc3c(c2)CCN(C(C)C)C3)nc(N)n1. The van der Waals surface area contributed by atoms with Crippen LogP contribution in [-0.4, -0.2) is 34.0 Å². The van der Waals surface area contributed by atoms with Crippen molar-refractivity contribution in [3.63, 3.8) is 0 Å². The van der Waals surface area contributed by atoms with Crippen LogP contribution in [0.4, 0.5) is 11.8 Å². The summed E-state index contributed by atoms with van der Waals surface area (Å²) in [6.45, 7) is 9.82. The van der Waals surface area contributed by atoms with E-state index in [0.29, 0.717) is 12.0 Å². The number of rotatable bonds is 7. The summed E-state index contributed by atoms with van der Waals surface area (Å²) < 4.78 is 0. The highest BCUT2D eigenvalue weighted by molar-refractivity contribution is 5.42. The third kappa shape index (κ3) is 4.73. The van der Waals surface area contributed by atoms with Gasteiger partial charge in [0.2, 0.25) is 5.95 Å². The Bertz CT molecular complexity index is 741. The lowest BCUT2D eigenvalue weighted by Gasteiger charge is -2.32. The standard InChI is InChI=1S/C21H31N5/c1-4-5-9-23-20-13-19(24-21(22)25-20)12-16-6-7-18-14-26(15(2)3)10-8-17(18)11-16/h6-7,11,13,15H,4-5,8-10,12,14H2,1-3H3,(H3,22,23,24,25). The largest absolute Gasteiger partial charge is 0.370 e. The van der Waals surface area contributed by atoms with Crippen LogP contribution in [0.5, 0.6) is 0 Å². The number of anilines is 2. The summed E-state index contributed by atoms with van der Waals surface area (Å²) in [5.74, 6) is 1.17. The minimum atomic E-state index is 0.340. The topological polar surface area (TPSA) is 67.1 Å². The molecule has 1 aliphatic rings. The Kier molecular flexibility index (Phi) is 6.09. The van der Waals surface area contributed by atoms with Crippen LogP contribution in [0.15, 0.2) is 24.3 Å². The molecule has 0 atom stereocenters. The lowest BCUT2D eigenvalue weighted by molar-refractivity contribution is 0.203. The molecule has 0 unspecified atom stereocenters. The fourth-order valence-corrected chi connectivity index (χ4v) is 3.48. The first kappa shape index (κ1) is 18.6. The Balaban J connectivity index is 1.71. The van der Waals surface area contributed by atoms with Gasteiger partial charge in [-0.2, -0.15) is 4.98 Å². The normalized spacial score (nSPS) is 14.5. The smallest absolute Gasteiger partial charge is 0.222 e. The number of fused-ring (bicyclic) bond motifs is 1. The highest BCUT2D eigenvalue weighted by atomic mass is 15.1. The van der Waals surface area contributed by atoms with Crippen molar-refractivity contribution in [1.82, 2.24) is 14.9 Å². The van der Waals surface area contributed by atoms with E-state index in [1.807, 2.05) is 6.07 Å². The van der Waals surface area contributed by atoms with E-state index in [1.54, 1.807) is 0 Å². The molecule has 0 radical (unpaired) electrons. The number of aromatic nitrogens is 2. The van der Waals surface area contributed by atoms with E-state index in [1.165, 1.54) is 16.7 Å². The van der Waals surface area contributed by atoms with Gasteiger partial charge in [-0.05, 0) is 43.4 Å². The van der Waals surface area contributed by atoms with Crippen molar-refractivity contribution >= 4 is 11.8 Å². The Labute approximate surface area is 157 Å². The highest BCUT2D eigenvalue weighted by Crippen LogP contribution is 2.23. The highest BCUT2D eigenvalue weighted by Gasteiger charge is 2.18. The summed E-state index contributed by atoms with van der Waals surface area (Å²) in [7, 11) is 0. The van der Waals surface area contributed by atoms with E-state index in [-0.39, 0.29) is 0 Å². The average Bonchev–Trinajstić information content (AvgIpc) is 2.61. The maximum Gasteiger partial charge on any atom is 0.222 e. The summed E-state index contributed by atoms with van der Waals surface area (Å²) in [5.41, 5.74) is 11.1. The zero-order chi connectivity index (χ0) is 18.5. The first-order valence-electron chi connectivity index (χ1n) is 9.77. The van der Waals surface area contributed by atoms with Crippen molar-refractivity contribution in [3.8, 4) is 0 Å². The maximum atomic E-state index is 5.90. The van der Waals surface area contributed by atoms with Crippen LogP contribution in [0.25, 0.3) is 0 Å². The number of hydrogen-bond donors (Lipinski definition) is 2. The van der Waals surface area contributed by atoms with Gasteiger partial charge in [0.05, 0.1) is 5.69 Å². The Morgan fingerprint density at radius 2 is 2.04 bits per heavy atom. The van der Waals surface area contributed by atoms with Gasteiger partial charge >= 0.3 is 0 Å². The molecular formula is C21H31N5. The van der Waals surface area contributed by atoms with Gasteiger partial charge in [-0.25, -0.2) is 4.98 Å². The molecule has 2 heterocycles. The number of benzene rings is 1. The van der Waals surface area contributed by atoms with Crippen molar-refractivity contribution < 1.29 is 0 Å². The molecule has 0 spiro atoms. The van der Waals surface area contributed by atoms with Crippen molar-refractivity contribution in [3.05, 3.63) is 46.6 Å². The number of nitrogens with zero attached hydrogens (tertiary/aromatic N) is 3. The summed E-state index contributed by atoms with van der Waals surface area (Å²) in [6, 6.07) is 9.47. The molecule has 26 heavy (non-hydrogen) atoms. The first-order chi connectivity index (χ1) is 12.5. The van der Waals surface area contributed by atoms with E-state index in [0.717, 1.165) is 56.8 Å². The second-order valence-electron chi connectivity index (χ2n) is 7.48. The van der Waals surface area contributed by atoms with Gasteiger partial charge in [-0.1, -0.05) is 31.5 Å². The molecule has 0 aliphatic carbocycles. The van der Waals surface area contributed by atoms with Gasteiger partial charge in [0.25, 0.3) is 0 Å². The minimum Gasteiger partial charge on any atom is -0.370 e. The van der Waals surface area contributed by atoms with Crippen LogP contribution >= 0.6 is 0 Å². The second-order valence-corrected chi connectivity index (χ2v) is 7.48. The van der Waals surface area contributed by atoms with Crippen molar-refractivity contribution in [1.29, 1.82) is 0 Å². The van der Waals surface area contributed by atoms with E-state index in [4.69, 9.17) is 5.73 Å². The van der Waals surface area contributed by atoms with E-state index in [9.17, 15) is 0 Å². The minimum absolute atomic E-state index is 0.340. The molecule has 0 amide bonds. The number of hydrogen-bond acceptors (Lipinski definition) is 5. The molecule has 5 nitrogen and oxygen atoms in total. The Hall–Kier alpha value is -2.14. The number of nitrogens with one attached hydrogen (secondary N) is 1. The Morgan fingerprint density at radius 3 is 2.81 bits per heavy atom. The molecular weight excluding hydrogens is 322 g/mol. The van der Waals surface area contributed by atoms with Gasteiger partial charge in [-0.15, -0.1) is 0 Å². The lowest BCUT2D eigenvalue weighted by Crippen LogP contribution is -2.35. The van der Waals surface area contributed by atoms with Crippen LogP contribution in [-0.2, 0) is 19.4 Å². The monoisotopic (exact) mass is 353 g/mol. The van der Waals surface area contributed by atoms with E-state index < -0.39 is 0 Å². The Morgan fingerprint density at radius 1 is 1.19 bits per heavy atom. The van der Waals surface area contributed by atoms with Gasteiger partial charge in [0, 0.05) is 38.2 Å². The van der Waals surface area contributed by atoms with Crippen LogP contribution < -0.4 is 11.1 Å². The van der Waals surface area contributed by atoms with Gasteiger partial charge in [-0.3, -0.25) is 4.90 Å². The molecule has 0 saturated carbocycles. The molecule has 0 fully saturated rings. The van der Waals surface area contributed by atoms with Crippen molar-refractivity contribution in [2.24, 2.45) is 0 Å². The van der Waals surface area contributed by atoms with Crippen LogP contribution in [0.2, 0.25) is 0 Å². The third-order valence-corrected chi connectivity index (χ3v) is 5.06. The summed E-state index contributed by atoms with van der Waals surface area (Å²) in [6.07, 6.45) is 4.19. The second kappa shape index (κ2) is 8.49. The third-order valence-electron chi connectivity index (χ3n) is 5.06. The van der Waals surface area contributed by atoms with Crippen molar-refractivity contribution in [2.45, 2.75) is 59.0 Å². The first-order valence-corrected chi connectivity index (χ1v) is 9.77. The number of nitrogen functional groups attached to an aromatic ring is 1. The lowest BCUT2D eigenvalue weighted by atomic mass is 9.95. The summed E-state index contributed by atoms with van der Waals surface area (Å²) >= 11 is 0. The summed E-state index contributed by atoms with van der Waals surface area (Å²) in [5, 5.41) is 3.34. The van der Waals surface area contributed by atoms with Gasteiger partial charge < -0.3 is 11.1 Å². The molecule has 3 N–H and O–H groups in total. The van der Waals surface area contributed by atoms with E-state index in [2.05, 4.69) is 59.2 Å². The van der Waals surface area contributed by atoms with E-state index >= 15 is 0 Å². The zero-order valence-corrected chi connectivity index (χ0v) is 16.3. The van der Waals surface area contributed by atoms with Crippen LogP contribution in [0.1, 0.15) is 56.0 Å². The van der Waals surface area contributed by atoms with Gasteiger partial charge in [0.15, 0.2) is 0 Å². The molecule has 2 aromatic rings. The molecule has 3 rings (SSSR count). The van der Waals surface area contributed by atoms with Crippen LogP contribution in [0.3, 0.4) is 0 Å². The van der Waals surface area contributed by atoms with Gasteiger partial charge in [0.1, 0.15) is 5.82 Å². The maximum absolute atomic E-state index is 5.90. The molecule has 1 aliphatic heterocycles. The molecule has 140 valence electrons. The zero-order valence-electron chi connectivity index (χ0n) is 16.3. The molecule has 5 heteroatoms. The molecule has 1 aromatic heterocycles. The van der Waals surface area contributed by atoms with Crippen molar-refractivity contribution in [2.75, 3.05) is 24.1 Å². The molecule has 0 bridgehead atoms. The fourth-order valence-electron chi connectivity index (χ4n) is 3.48. The quantitative estimate of drug-likeness (QED) is 0.744. The average molecular weight is 354 g/mol. The predicted octanol–water partition coefficient (Wildman–Crippen LogP) is 3.63. The number of nitrogens with two attached hydrogens (primary N) is 1. The fraction of sp³-hybridized carbons (Fsp3) is 0.524. The summed E-state index contributed by atoms with van der Waals surface area (Å²) in [4.78, 5) is 11.2. The molecule has 0 saturated heterocycles. The predicted molar refractivity (Wildman–Crippen MR) is 108 cm³/mol. The van der Waals surface area contributed by atoms with Crippen LogP contribution in [0, 0.1) is 0 Å². The molecule has 1 aromatic carbocycles. The number of unbranched alkanes of at least 4 members (excludes halogenated alkanes) is 1.